The molecule has 4 rings (SSSR count). The predicted octanol–water partition coefficient (Wildman–Crippen LogP) is 4.82. The normalized spacial score (nSPS) is 12.9. The van der Waals surface area contributed by atoms with Crippen LogP contribution in [0.25, 0.3) is 0 Å². The third-order valence-corrected chi connectivity index (χ3v) is 6.90. The van der Waals surface area contributed by atoms with Crippen molar-refractivity contribution >= 4 is 34.6 Å². The van der Waals surface area contributed by atoms with Crippen LogP contribution in [0.2, 0.25) is 0 Å². The number of anilines is 4. The number of amides is 2. The van der Waals surface area contributed by atoms with Gasteiger partial charge in [0.15, 0.2) is 0 Å². The third-order valence-electron chi connectivity index (χ3n) is 6.90. The van der Waals surface area contributed by atoms with Gasteiger partial charge in [-0.2, -0.15) is 0 Å². The zero-order valence-electron chi connectivity index (χ0n) is 22.6. The molecule has 10 heteroatoms. The van der Waals surface area contributed by atoms with E-state index in [9.17, 15) is 14.4 Å². The van der Waals surface area contributed by atoms with E-state index in [-0.39, 0.29) is 11.5 Å². The predicted molar refractivity (Wildman–Crippen MR) is 153 cm³/mol. The number of hydrogen-bond acceptors (Lipinski definition) is 7. The number of pyridine rings is 2. The molecular weight excluding hydrogens is 496 g/mol. The molecule has 0 spiro atoms. The summed E-state index contributed by atoms with van der Waals surface area (Å²) in [5.74, 6) is 0.253. The number of benzene rings is 1. The molecule has 3 heterocycles. The van der Waals surface area contributed by atoms with Crippen molar-refractivity contribution in [1.29, 1.82) is 0 Å². The molecule has 1 unspecified atom stereocenters. The van der Waals surface area contributed by atoms with Gasteiger partial charge in [0, 0.05) is 36.1 Å². The van der Waals surface area contributed by atoms with E-state index in [0.717, 1.165) is 36.9 Å². The standard InChI is InChI=1S/C29H36N6O4/c1-4-6-7-19(5-2)16-32-26(36)20-8-10-21(11-9-20)34-28(38)24-22(12-13-31-27(24)37)35-23-17-33-29-25(18(23)3)30-14-15-39-29/h8-13,17,19,30H,4-7,14-16H2,1-3H3,(H,32,36)(H,34,38)(H2,31,35,37). The molecule has 0 radical (unpaired) electrons. The van der Waals surface area contributed by atoms with Crippen LogP contribution in [0.4, 0.5) is 22.7 Å². The highest BCUT2D eigenvalue weighted by atomic mass is 16.5. The maximum absolute atomic E-state index is 13.2. The molecule has 206 valence electrons. The molecule has 0 fully saturated rings. The number of fused-ring (bicyclic) bond motifs is 1. The molecule has 2 amide bonds. The molecule has 0 saturated carbocycles. The van der Waals surface area contributed by atoms with Crippen molar-refractivity contribution in [2.45, 2.75) is 46.5 Å². The summed E-state index contributed by atoms with van der Waals surface area (Å²) in [7, 11) is 0. The molecule has 0 bridgehead atoms. The molecule has 5 N–H and O–H groups in total. The van der Waals surface area contributed by atoms with Gasteiger partial charge in [0.25, 0.3) is 17.4 Å². The van der Waals surface area contributed by atoms with Gasteiger partial charge in [-0.3, -0.25) is 14.4 Å². The van der Waals surface area contributed by atoms with Gasteiger partial charge in [-0.1, -0.05) is 33.1 Å². The average molecular weight is 533 g/mol. The Morgan fingerprint density at radius 2 is 1.90 bits per heavy atom. The molecule has 1 aromatic carbocycles. The lowest BCUT2D eigenvalue weighted by Crippen LogP contribution is -2.29. The van der Waals surface area contributed by atoms with Gasteiger partial charge in [0.2, 0.25) is 5.88 Å². The number of aromatic nitrogens is 2. The summed E-state index contributed by atoms with van der Waals surface area (Å²) in [5.41, 5.74) is 2.97. The molecule has 2 aromatic heterocycles. The van der Waals surface area contributed by atoms with Gasteiger partial charge >= 0.3 is 0 Å². The molecule has 3 aromatic rings. The molecule has 1 aliphatic rings. The van der Waals surface area contributed by atoms with E-state index in [0.29, 0.717) is 54.1 Å². The van der Waals surface area contributed by atoms with E-state index in [2.05, 4.69) is 45.1 Å². The van der Waals surface area contributed by atoms with Crippen molar-refractivity contribution in [3.8, 4) is 5.88 Å². The first-order chi connectivity index (χ1) is 18.9. The average Bonchev–Trinajstić information content (AvgIpc) is 2.95. The summed E-state index contributed by atoms with van der Waals surface area (Å²) in [6, 6.07) is 8.23. The molecule has 39 heavy (non-hydrogen) atoms. The number of nitrogens with one attached hydrogen (secondary N) is 5. The molecule has 1 atom stereocenters. The quantitative estimate of drug-likeness (QED) is 0.239. The van der Waals surface area contributed by atoms with Crippen molar-refractivity contribution in [2.75, 3.05) is 35.6 Å². The second-order valence-electron chi connectivity index (χ2n) is 9.63. The van der Waals surface area contributed by atoms with Crippen LogP contribution in [0, 0.1) is 12.8 Å². The Morgan fingerprint density at radius 1 is 1.10 bits per heavy atom. The van der Waals surface area contributed by atoms with Gasteiger partial charge < -0.3 is 31.0 Å². The van der Waals surface area contributed by atoms with Gasteiger partial charge in [-0.15, -0.1) is 0 Å². The molecule has 0 aliphatic carbocycles. The van der Waals surface area contributed by atoms with Crippen LogP contribution in [0.5, 0.6) is 5.88 Å². The van der Waals surface area contributed by atoms with Crippen molar-refractivity contribution in [3.63, 3.8) is 0 Å². The minimum absolute atomic E-state index is 0.0710. The van der Waals surface area contributed by atoms with Crippen LogP contribution in [0.1, 0.15) is 65.8 Å². The Hall–Kier alpha value is -4.34. The lowest BCUT2D eigenvalue weighted by molar-refractivity contribution is 0.0945. The summed E-state index contributed by atoms with van der Waals surface area (Å²) < 4.78 is 5.58. The largest absolute Gasteiger partial charge is 0.474 e. The Bertz CT molecular complexity index is 1370. The number of aromatic amines is 1. The lowest BCUT2D eigenvalue weighted by Gasteiger charge is -2.22. The summed E-state index contributed by atoms with van der Waals surface area (Å²) >= 11 is 0. The highest BCUT2D eigenvalue weighted by Crippen LogP contribution is 2.34. The number of nitrogens with zero attached hydrogens (tertiary/aromatic N) is 1. The van der Waals surface area contributed by atoms with Crippen LogP contribution < -0.4 is 31.6 Å². The Kier molecular flexibility index (Phi) is 9.19. The van der Waals surface area contributed by atoms with E-state index in [1.165, 1.54) is 6.20 Å². The van der Waals surface area contributed by atoms with Crippen LogP contribution in [-0.4, -0.2) is 41.5 Å². The Morgan fingerprint density at radius 3 is 2.64 bits per heavy atom. The maximum atomic E-state index is 13.2. The number of rotatable bonds is 11. The minimum atomic E-state index is -0.580. The summed E-state index contributed by atoms with van der Waals surface area (Å²) in [6.45, 7) is 8.05. The number of carbonyl (C=O) groups excluding carboxylic acids is 2. The zero-order valence-corrected chi connectivity index (χ0v) is 22.6. The first-order valence-electron chi connectivity index (χ1n) is 13.5. The minimum Gasteiger partial charge on any atom is -0.474 e. The topological polar surface area (TPSA) is 137 Å². The zero-order chi connectivity index (χ0) is 27.8. The SMILES string of the molecule is CCCCC(CC)CNC(=O)c1ccc(NC(=O)c2c(Nc3cnc4c(c3C)NCCO4)cc[nH]c2=O)cc1. The van der Waals surface area contributed by atoms with Gasteiger partial charge in [-0.05, 0) is 49.6 Å². The summed E-state index contributed by atoms with van der Waals surface area (Å²) in [4.78, 5) is 45.4. The van der Waals surface area contributed by atoms with Crippen molar-refractivity contribution in [2.24, 2.45) is 5.92 Å². The maximum Gasteiger partial charge on any atom is 0.263 e. The lowest BCUT2D eigenvalue weighted by atomic mass is 9.99. The smallest absolute Gasteiger partial charge is 0.263 e. The molecule has 0 saturated heterocycles. The van der Waals surface area contributed by atoms with E-state index in [1.807, 2.05) is 6.92 Å². The second-order valence-corrected chi connectivity index (χ2v) is 9.63. The number of H-pyrrole nitrogens is 1. The van der Waals surface area contributed by atoms with Crippen molar-refractivity contribution in [1.82, 2.24) is 15.3 Å². The van der Waals surface area contributed by atoms with Crippen LogP contribution in [-0.2, 0) is 0 Å². The first-order valence-corrected chi connectivity index (χ1v) is 13.5. The fourth-order valence-corrected chi connectivity index (χ4v) is 4.48. The van der Waals surface area contributed by atoms with Gasteiger partial charge in [0.05, 0.1) is 17.6 Å². The van der Waals surface area contributed by atoms with E-state index < -0.39 is 11.5 Å². The molecule has 10 nitrogen and oxygen atoms in total. The van der Waals surface area contributed by atoms with Crippen LogP contribution in [0.3, 0.4) is 0 Å². The van der Waals surface area contributed by atoms with Gasteiger partial charge in [-0.25, -0.2) is 4.98 Å². The fraction of sp³-hybridized carbons (Fsp3) is 0.379. The van der Waals surface area contributed by atoms with E-state index >= 15 is 0 Å². The molecule has 1 aliphatic heterocycles. The second kappa shape index (κ2) is 12.9. The van der Waals surface area contributed by atoms with Crippen molar-refractivity contribution in [3.05, 3.63) is 69.8 Å². The van der Waals surface area contributed by atoms with E-state index in [4.69, 9.17) is 4.74 Å². The first kappa shape index (κ1) is 27.7. The van der Waals surface area contributed by atoms with E-state index in [1.54, 1.807) is 36.5 Å². The number of ether oxygens (including phenoxy) is 1. The number of carbonyl (C=O) groups is 2. The number of unbranched alkanes of at least 4 members (excludes halogenated alkanes) is 1. The Balaban J connectivity index is 1.44. The van der Waals surface area contributed by atoms with Crippen LogP contribution >= 0.6 is 0 Å². The van der Waals surface area contributed by atoms with Crippen molar-refractivity contribution < 1.29 is 14.3 Å². The van der Waals surface area contributed by atoms with Crippen LogP contribution in [0.15, 0.2) is 47.5 Å². The highest BCUT2D eigenvalue weighted by Gasteiger charge is 2.20. The monoisotopic (exact) mass is 532 g/mol. The molecular formula is C29H36N6O4. The third kappa shape index (κ3) is 6.76. The highest BCUT2D eigenvalue weighted by molar-refractivity contribution is 6.08. The number of hydrogen-bond donors (Lipinski definition) is 5. The van der Waals surface area contributed by atoms with Gasteiger partial charge in [0.1, 0.15) is 17.9 Å². The summed E-state index contributed by atoms with van der Waals surface area (Å²) in [5, 5.41) is 12.2. The fourth-order valence-electron chi connectivity index (χ4n) is 4.48. The Labute approximate surface area is 228 Å². The summed E-state index contributed by atoms with van der Waals surface area (Å²) in [6.07, 6.45) is 7.50.